The van der Waals surface area contributed by atoms with Gasteiger partial charge in [0.1, 0.15) is 5.82 Å². The number of carbonyl (C=O) groups is 1. The molecule has 0 radical (unpaired) electrons. The Kier molecular flexibility index (Phi) is 3.86. The summed E-state index contributed by atoms with van der Waals surface area (Å²) in [6, 6.07) is 13.1. The van der Waals surface area contributed by atoms with Crippen LogP contribution in [0.25, 0.3) is 28.2 Å². The number of hydrogen-bond acceptors (Lipinski definition) is 4. The number of benzene rings is 2. The summed E-state index contributed by atoms with van der Waals surface area (Å²) in [6.45, 7) is 0. The molecule has 27 heavy (non-hydrogen) atoms. The van der Waals surface area contributed by atoms with Crippen LogP contribution >= 0.6 is 0 Å². The predicted molar refractivity (Wildman–Crippen MR) is 95.5 cm³/mol. The van der Waals surface area contributed by atoms with Gasteiger partial charge >= 0.3 is 5.97 Å². The van der Waals surface area contributed by atoms with Crippen LogP contribution in [0.15, 0.2) is 61.1 Å². The van der Waals surface area contributed by atoms with Crippen LogP contribution in [-0.4, -0.2) is 25.4 Å². The van der Waals surface area contributed by atoms with Gasteiger partial charge in [-0.2, -0.15) is 5.26 Å². The van der Waals surface area contributed by atoms with E-state index in [-0.39, 0.29) is 5.56 Å². The minimum absolute atomic E-state index is 0.381. The fourth-order valence-corrected chi connectivity index (χ4v) is 2.82. The van der Waals surface area contributed by atoms with E-state index in [2.05, 4.69) is 16.0 Å². The minimum Gasteiger partial charge on any atom is -0.478 e. The van der Waals surface area contributed by atoms with Crippen LogP contribution in [0.4, 0.5) is 4.39 Å². The molecule has 0 unspecified atom stereocenters. The highest BCUT2D eigenvalue weighted by atomic mass is 19.1. The molecule has 2 aromatic heterocycles. The maximum Gasteiger partial charge on any atom is 0.338 e. The van der Waals surface area contributed by atoms with Crippen molar-refractivity contribution in [3.05, 3.63) is 78.0 Å². The molecule has 0 aliphatic carbocycles. The van der Waals surface area contributed by atoms with E-state index < -0.39 is 11.8 Å². The zero-order valence-corrected chi connectivity index (χ0v) is 13.8. The Morgan fingerprint density at radius 3 is 2.41 bits per heavy atom. The molecular weight excluding hydrogens is 347 g/mol. The average Bonchev–Trinajstić information content (AvgIpc) is 3.11. The molecule has 0 fully saturated rings. The Morgan fingerprint density at radius 2 is 1.74 bits per heavy atom. The van der Waals surface area contributed by atoms with Crippen molar-refractivity contribution in [3.63, 3.8) is 0 Å². The van der Waals surface area contributed by atoms with Gasteiger partial charge in [-0.05, 0) is 29.8 Å². The summed E-state index contributed by atoms with van der Waals surface area (Å²) in [4.78, 5) is 19.5. The van der Waals surface area contributed by atoms with Crippen LogP contribution in [0.2, 0.25) is 0 Å². The van der Waals surface area contributed by atoms with Crippen LogP contribution in [0.5, 0.6) is 0 Å². The van der Waals surface area contributed by atoms with Crippen LogP contribution in [-0.2, 0) is 0 Å². The summed E-state index contributed by atoms with van der Waals surface area (Å²) in [5.41, 5.74) is 2.92. The van der Waals surface area contributed by atoms with Crippen molar-refractivity contribution in [1.29, 1.82) is 5.26 Å². The monoisotopic (exact) mass is 358 g/mol. The molecule has 130 valence electrons. The normalized spacial score (nSPS) is 10.7. The third-order valence-corrected chi connectivity index (χ3v) is 4.21. The molecule has 4 rings (SSSR count). The summed E-state index contributed by atoms with van der Waals surface area (Å²) >= 11 is 0. The van der Waals surface area contributed by atoms with Gasteiger partial charge in [-0.15, -0.1) is 0 Å². The number of aromatic nitrogens is 3. The van der Waals surface area contributed by atoms with Crippen molar-refractivity contribution < 1.29 is 14.3 Å². The van der Waals surface area contributed by atoms with Crippen molar-refractivity contribution >= 4 is 11.7 Å². The van der Waals surface area contributed by atoms with Gasteiger partial charge in [-0.3, -0.25) is 4.40 Å². The molecule has 0 saturated heterocycles. The molecule has 7 heteroatoms. The Bertz CT molecular complexity index is 1220. The number of nitrogens with zero attached hydrogens (tertiary/aromatic N) is 4. The topological polar surface area (TPSA) is 91.3 Å². The number of aromatic carboxylic acids is 1. The summed E-state index contributed by atoms with van der Waals surface area (Å²) in [7, 11) is 0. The second-order valence-corrected chi connectivity index (χ2v) is 5.85. The summed E-state index contributed by atoms with van der Waals surface area (Å²) in [5, 5.41) is 17.9. The molecule has 0 amide bonds. The maximum atomic E-state index is 14.0. The highest BCUT2D eigenvalue weighted by Crippen LogP contribution is 2.25. The smallest absolute Gasteiger partial charge is 0.338 e. The van der Waals surface area contributed by atoms with Gasteiger partial charge in [0.25, 0.3) is 0 Å². The number of carboxylic acid groups (broad SMARTS) is 1. The van der Waals surface area contributed by atoms with E-state index in [1.165, 1.54) is 18.2 Å². The highest BCUT2D eigenvalue weighted by molar-refractivity contribution is 5.88. The first kappa shape index (κ1) is 16.4. The number of carboxylic acids is 1. The van der Waals surface area contributed by atoms with Crippen LogP contribution in [0, 0.1) is 17.1 Å². The standard InChI is InChI=1S/C20H11FN4O2/c21-17-7-14(5-6-16(17)19(26)27)15-9-23-20-24-10-18(25(20)11-15)13-3-1-12(8-22)2-4-13/h1-7,9-11H,(H,26,27). The minimum atomic E-state index is -1.31. The molecular formula is C20H11FN4O2. The Labute approximate surface area is 152 Å². The maximum absolute atomic E-state index is 14.0. The van der Waals surface area contributed by atoms with Crippen LogP contribution in [0.1, 0.15) is 15.9 Å². The molecule has 0 aliphatic rings. The second-order valence-electron chi connectivity index (χ2n) is 5.85. The number of rotatable bonds is 3. The van der Waals surface area contributed by atoms with E-state index in [4.69, 9.17) is 10.4 Å². The van der Waals surface area contributed by atoms with E-state index >= 15 is 0 Å². The van der Waals surface area contributed by atoms with Gasteiger partial charge in [-0.25, -0.2) is 19.2 Å². The first-order chi connectivity index (χ1) is 13.1. The molecule has 4 aromatic rings. The van der Waals surface area contributed by atoms with Crippen LogP contribution < -0.4 is 0 Å². The van der Waals surface area contributed by atoms with E-state index in [0.29, 0.717) is 22.5 Å². The molecule has 0 aliphatic heterocycles. The molecule has 0 saturated carbocycles. The summed E-state index contributed by atoms with van der Waals surface area (Å²) in [5.74, 6) is -1.65. The number of halogens is 1. The van der Waals surface area contributed by atoms with Gasteiger partial charge < -0.3 is 5.11 Å². The first-order valence-corrected chi connectivity index (χ1v) is 7.93. The Hall–Kier alpha value is -4.05. The lowest BCUT2D eigenvalue weighted by Crippen LogP contribution is -2.00. The summed E-state index contributed by atoms with van der Waals surface area (Å²) in [6.07, 6.45) is 4.99. The molecule has 2 aromatic carbocycles. The van der Waals surface area contributed by atoms with Gasteiger partial charge in [-0.1, -0.05) is 18.2 Å². The molecule has 2 heterocycles. The molecule has 6 nitrogen and oxygen atoms in total. The Morgan fingerprint density at radius 1 is 1.04 bits per heavy atom. The quantitative estimate of drug-likeness (QED) is 0.602. The van der Waals surface area contributed by atoms with E-state index in [1.807, 2.05) is 12.1 Å². The zero-order valence-electron chi connectivity index (χ0n) is 13.8. The SMILES string of the molecule is N#Cc1ccc(-c2cnc3ncc(-c4ccc(C(=O)O)c(F)c4)cn23)cc1. The number of imidazole rings is 1. The van der Waals surface area contributed by atoms with Gasteiger partial charge in [0.15, 0.2) is 0 Å². The lowest BCUT2D eigenvalue weighted by Gasteiger charge is -2.06. The Balaban J connectivity index is 1.81. The highest BCUT2D eigenvalue weighted by Gasteiger charge is 2.13. The number of nitriles is 1. The average molecular weight is 358 g/mol. The first-order valence-electron chi connectivity index (χ1n) is 7.93. The summed E-state index contributed by atoms with van der Waals surface area (Å²) < 4.78 is 15.8. The van der Waals surface area contributed by atoms with E-state index in [0.717, 1.165) is 11.3 Å². The lowest BCUT2D eigenvalue weighted by atomic mass is 10.1. The second kappa shape index (κ2) is 6.35. The van der Waals surface area contributed by atoms with Crippen molar-refractivity contribution in [2.24, 2.45) is 0 Å². The number of fused-ring (bicyclic) bond motifs is 1. The van der Waals surface area contributed by atoms with Crippen molar-refractivity contribution in [1.82, 2.24) is 14.4 Å². The van der Waals surface area contributed by atoms with E-state index in [9.17, 15) is 9.18 Å². The van der Waals surface area contributed by atoms with Gasteiger partial charge in [0, 0.05) is 23.5 Å². The van der Waals surface area contributed by atoms with Crippen molar-refractivity contribution in [3.8, 4) is 28.5 Å². The van der Waals surface area contributed by atoms with Gasteiger partial charge in [0.2, 0.25) is 5.78 Å². The number of hydrogen-bond donors (Lipinski definition) is 1. The molecule has 0 bridgehead atoms. The fraction of sp³-hybridized carbons (Fsp3) is 0. The van der Waals surface area contributed by atoms with Gasteiger partial charge in [0.05, 0.1) is 29.1 Å². The van der Waals surface area contributed by atoms with E-state index in [1.54, 1.807) is 35.1 Å². The molecule has 0 spiro atoms. The predicted octanol–water partition coefficient (Wildman–Crippen LogP) is 3.77. The third kappa shape index (κ3) is 2.89. The fourth-order valence-electron chi connectivity index (χ4n) is 2.82. The third-order valence-electron chi connectivity index (χ3n) is 4.21. The zero-order chi connectivity index (χ0) is 19.0. The molecule has 0 atom stereocenters. The molecule has 1 N–H and O–H groups in total. The van der Waals surface area contributed by atoms with Crippen molar-refractivity contribution in [2.75, 3.05) is 0 Å². The lowest BCUT2D eigenvalue weighted by molar-refractivity contribution is 0.0692. The van der Waals surface area contributed by atoms with Crippen molar-refractivity contribution in [2.45, 2.75) is 0 Å². The largest absolute Gasteiger partial charge is 0.478 e. The van der Waals surface area contributed by atoms with Crippen LogP contribution in [0.3, 0.4) is 0 Å².